The van der Waals surface area contributed by atoms with Crippen LogP contribution < -0.4 is 4.90 Å². The topological polar surface area (TPSA) is 3.24 Å². The van der Waals surface area contributed by atoms with Crippen molar-refractivity contribution in [2.24, 2.45) is 0 Å². The molecule has 0 saturated carbocycles. The molecule has 10 aromatic rings. The van der Waals surface area contributed by atoms with Crippen LogP contribution in [0.15, 0.2) is 237 Å². The van der Waals surface area contributed by atoms with Crippen molar-refractivity contribution in [1.82, 2.24) is 0 Å². The highest BCUT2D eigenvalue weighted by atomic mass is 15.1. The molecule has 10 rings (SSSR count). The minimum Gasteiger partial charge on any atom is -0.310 e. The number of anilines is 3. The van der Waals surface area contributed by atoms with Crippen LogP contribution in [0, 0.1) is 0 Å². The Hall–Kier alpha value is -7.48. The van der Waals surface area contributed by atoms with Crippen molar-refractivity contribution in [3.8, 4) is 55.6 Å². The summed E-state index contributed by atoms with van der Waals surface area (Å²) in [7, 11) is 0. The zero-order valence-corrected chi connectivity index (χ0v) is 31.5. The van der Waals surface area contributed by atoms with Crippen LogP contribution >= 0.6 is 0 Å². The zero-order valence-electron chi connectivity index (χ0n) is 31.5. The Morgan fingerprint density at radius 1 is 0.211 bits per heavy atom. The van der Waals surface area contributed by atoms with E-state index in [0.717, 1.165) is 17.1 Å². The van der Waals surface area contributed by atoms with E-state index in [1.54, 1.807) is 0 Å². The van der Waals surface area contributed by atoms with Gasteiger partial charge >= 0.3 is 0 Å². The second kappa shape index (κ2) is 15.0. The lowest BCUT2D eigenvalue weighted by atomic mass is 9.85. The molecule has 0 saturated heterocycles. The average Bonchev–Trinajstić information content (AvgIpc) is 3.30. The van der Waals surface area contributed by atoms with Gasteiger partial charge in [-0.1, -0.05) is 206 Å². The third-order valence-electron chi connectivity index (χ3n) is 11.1. The molecule has 0 amide bonds. The SMILES string of the molecule is c1ccc(-c2ccc(-c3ccc(N(c4ccc(-c5c(-c6ccccc6)c6ccccc6c6ccccc56)cc4)c4ccccc4-c4ccccc4)cc3)cc2)cc1. The van der Waals surface area contributed by atoms with Crippen LogP contribution in [0.25, 0.3) is 77.2 Å². The van der Waals surface area contributed by atoms with E-state index in [4.69, 9.17) is 0 Å². The number of hydrogen-bond acceptors (Lipinski definition) is 1. The minimum atomic E-state index is 1.09. The van der Waals surface area contributed by atoms with Gasteiger partial charge in [-0.05, 0) is 102 Å². The molecule has 0 radical (unpaired) electrons. The first kappa shape index (κ1) is 34.0. The fourth-order valence-electron chi connectivity index (χ4n) is 8.37. The molecule has 268 valence electrons. The van der Waals surface area contributed by atoms with Gasteiger partial charge in [0.05, 0.1) is 5.69 Å². The quantitative estimate of drug-likeness (QED) is 0.141. The minimum absolute atomic E-state index is 1.09. The van der Waals surface area contributed by atoms with Crippen LogP contribution in [0.1, 0.15) is 0 Å². The standard InChI is InChI=1S/C56H39N/c1-4-16-40(17-5-1)41-28-30-42(31-29-41)43-32-36-47(37-33-43)57(54-27-15-14-22-49(54)44-18-6-2-7-19-44)48-38-34-46(35-39-48)56-53-26-13-11-24-51(53)50-23-10-12-25-52(50)55(56)45-20-8-3-9-21-45/h1-39H. The average molecular weight is 726 g/mol. The Bertz CT molecular complexity index is 2950. The number of benzene rings is 10. The van der Waals surface area contributed by atoms with E-state index in [0.29, 0.717) is 0 Å². The highest BCUT2D eigenvalue weighted by molar-refractivity contribution is 6.21. The molecule has 0 fully saturated rings. The maximum Gasteiger partial charge on any atom is 0.0540 e. The first-order chi connectivity index (χ1) is 28.3. The summed E-state index contributed by atoms with van der Waals surface area (Å²) in [5.41, 5.74) is 15.4. The molecule has 0 spiro atoms. The Balaban J connectivity index is 1.10. The Morgan fingerprint density at radius 3 is 1.02 bits per heavy atom. The van der Waals surface area contributed by atoms with E-state index in [-0.39, 0.29) is 0 Å². The molecule has 0 aliphatic heterocycles. The summed E-state index contributed by atoms with van der Waals surface area (Å²) in [6.45, 7) is 0. The second-order valence-electron chi connectivity index (χ2n) is 14.5. The van der Waals surface area contributed by atoms with Crippen molar-refractivity contribution < 1.29 is 0 Å². The number of nitrogens with zero attached hydrogens (tertiary/aromatic N) is 1. The van der Waals surface area contributed by atoms with Gasteiger partial charge in [0.2, 0.25) is 0 Å². The van der Waals surface area contributed by atoms with Gasteiger partial charge < -0.3 is 4.90 Å². The molecule has 0 aliphatic carbocycles. The van der Waals surface area contributed by atoms with Gasteiger partial charge in [-0.2, -0.15) is 0 Å². The second-order valence-corrected chi connectivity index (χ2v) is 14.5. The predicted molar refractivity (Wildman–Crippen MR) is 243 cm³/mol. The summed E-state index contributed by atoms with van der Waals surface area (Å²) in [6, 6.07) is 85.5. The molecule has 10 aromatic carbocycles. The molecule has 0 N–H and O–H groups in total. The summed E-state index contributed by atoms with van der Waals surface area (Å²) in [5.74, 6) is 0. The predicted octanol–water partition coefficient (Wildman–Crippen LogP) is 15.8. The first-order valence-electron chi connectivity index (χ1n) is 19.6. The van der Waals surface area contributed by atoms with Gasteiger partial charge in [0.15, 0.2) is 0 Å². The number of para-hydroxylation sites is 1. The summed E-state index contributed by atoms with van der Waals surface area (Å²) in [5, 5.41) is 5.04. The lowest BCUT2D eigenvalue weighted by Gasteiger charge is -2.28. The summed E-state index contributed by atoms with van der Waals surface area (Å²) in [6.07, 6.45) is 0. The van der Waals surface area contributed by atoms with Crippen molar-refractivity contribution in [2.45, 2.75) is 0 Å². The zero-order chi connectivity index (χ0) is 38.0. The molecule has 0 aliphatic rings. The maximum atomic E-state index is 2.39. The summed E-state index contributed by atoms with van der Waals surface area (Å²) < 4.78 is 0. The maximum absolute atomic E-state index is 2.39. The molecular formula is C56H39N. The van der Waals surface area contributed by atoms with E-state index in [1.807, 2.05) is 0 Å². The summed E-state index contributed by atoms with van der Waals surface area (Å²) >= 11 is 0. The number of fused-ring (bicyclic) bond motifs is 3. The van der Waals surface area contributed by atoms with Crippen molar-refractivity contribution in [3.05, 3.63) is 237 Å². The lowest BCUT2D eigenvalue weighted by molar-refractivity contribution is 1.28. The van der Waals surface area contributed by atoms with Crippen LogP contribution in [0.4, 0.5) is 17.1 Å². The van der Waals surface area contributed by atoms with Crippen molar-refractivity contribution in [1.29, 1.82) is 0 Å². The Labute approximate surface area is 334 Å². The fraction of sp³-hybridized carbons (Fsp3) is 0. The van der Waals surface area contributed by atoms with Crippen LogP contribution in [0.3, 0.4) is 0 Å². The Kier molecular flexibility index (Phi) is 8.95. The first-order valence-corrected chi connectivity index (χ1v) is 19.6. The normalized spacial score (nSPS) is 11.2. The molecule has 1 nitrogen and oxygen atoms in total. The third kappa shape index (κ3) is 6.46. The van der Waals surface area contributed by atoms with Crippen LogP contribution in [0.2, 0.25) is 0 Å². The molecule has 0 unspecified atom stereocenters. The number of rotatable bonds is 8. The van der Waals surface area contributed by atoms with E-state index in [1.165, 1.54) is 77.2 Å². The number of hydrogen-bond donors (Lipinski definition) is 0. The highest BCUT2D eigenvalue weighted by Gasteiger charge is 2.20. The highest BCUT2D eigenvalue weighted by Crippen LogP contribution is 2.46. The van der Waals surface area contributed by atoms with E-state index in [2.05, 4.69) is 241 Å². The summed E-state index contributed by atoms with van der Waals surface area (Å²) in [4.78, 5) is 2.39. The van der Waals surface area contributed by atoms with Crippen molar-refractivity contribution >= 4 is 38.6 Å². The van der Waals surface area contributed by atoms with Gasteiger partial charge in [0.1, 0.15) is 0 Å². The lowest BCUT2D eigenvalue weighted by Crippen LogP contribution is -2.11. The smallest absolute Gasteiger partial charge is 0.0540 e. The molecule has 0 aromatic heterocycles. The van der Waals surface area contributed by atoms with Crippen molar-refractivity contribution in [2.75, 3.05) is 4.90 Å². The van der Waals surface area contributed by atoms with Gasteiger partial charge in [-0.3, -0.25) is 0 Å². The van der Waals surface area contributed by atoms with Crippen LogP contribution in [-0.2, 0) is 0 Å². The third-order valence-corrected chi connectivity index (χ3v) is 11.1. The van der Waals surface area contributed by atoms with Crippen LogP contribution in [0.5, 0.6) is 0 Å². The van der Waals surface area contributed by atoms with E-state index in [9.17, 15) is 0 Å². The van der Waals surface area contributed by atoms with Gasteiger partial charge in [0.25, 0.3) is 0 Å². The van der Waals surface area contributed by atoms with E-state index >= 15 is 0 Å². The Morgan fingerprint density at radius 2 is 0.526 bits per heavy atom. The molecule has 57 heavy (non-hydrogen) atoms. The fourth-order valence-corrected chi connectivity index (χ4v) is 8.37. The molecule has 0 heterocycles. The molecule has 1 heteroatoms. The molecular weight excluding hydrogens is 687 g/mol. The molecule has 0 atom stereocenters. The van der Waals surface area contributed by atoms with E-state index < -0.39 is 0 Å². The van der Waals surface area contributed by atoms with Gasteiger partial charge in [-0.15, -0.1) is 0 Å². The molecule has 0 bridgehead atoms. The van der Waals surface area contributed by atoms with Crippen LogP contribution in [-0.4, -0.2) is 0 Å². The monoisotopic (exact) mass is 725 g/mol. The van der Waals surface area contributed by atoms with Gasteiger partial charge in [-0.25, -0.2) is 0 Å². The van der Waals surface area contributed by atoms with Crippen molar-refractivity contribution in [3.63, 3.8) is 0 Å². The van der Waals surface area contributed by atoms with Gasteiger partial charge in [0, 0.05) is 16.9 Å². The largest absolute Gasteiger partial charge is 0.310 e.